The predicted molar refractivity (Wildman–Crippen MR) is 45.0 cm³/mol. The van der Waals surface area contributed by atoms with Crippen LogP contribution in [0.15, 0.2) is 0 Å². The van der Waals surface area contributed by atoms with E-state index in [1.807, 2.05) is 0 Å². The quantitative estimate of drug-likeness (QED) is 0.533. The van der Waals surface area contributed by atoms with Gasteiger partial charge in [-0.25, -0.2) is 0 Å². The molecule has 1 fully saturated rings. The van der Waals surface area contributed by atoms with E-state index in [0.717, 1.165) is 0 Å². The van der Waals surface area contributed by atoms with Crippen LogP contribution in [0, 0.1) is 16.0 Å². The van der Waals surface area contributed by atoms with Crippen LogP contribution in [0.2, 0.25) is 0 Å². The molecule has 5 heteroatoms. The minimum atomic E-state index is -0.801. The molecule has 0 aromatic rings. The minimum absolute atomic E-state index is 0.147. The van der Waals surface area contributed by atoms with Gasteiger partial charge in [0.1, 0.15) is 0 Å². The predicted octanol–water partition coefficient (Wildman–Crippen LogP) is 1.30. The molecule has 0 aromatic heterocycles. The number of nitrogens with zero attached hydrogens (tertiary/aromatic N) is 1. The van der Waals surface area contributed by atoms with Gasteiger partial charge in [-0.1, -0.05) is 0 Å². The van der Waals surface area contributed by atoms with E-state index in [1.165, 1.54) is 0 Å². The van der Waals surface area contributed by atoms with Gasteiger partial charge in [0.2, 0.25) is 6.04 Å². The molecule has 0 atom stereocenters. The lowest BCUT2D eigenvalue weighted by Crippen LogP contribution is -2.26. The first-order chi connectivity index (χ1) is 6.09. The highest BCUT2D eigenvalue weighted by Crippen LogP contribution is 2.27. The van der Waals surface area contributed by atoms with Crippen molar-refractivity contribution in [2.45, 2.75) is 38.1 Å². The zero-order valence-corrected chi connectivity index (χ0v) is 7.31. The van der Waals surface area contributed by atoms with Crippen LogP contribution in [-0.2, 0) is 4.79 Å². The van der Waals surface area contributed by atoms with E-state index < -0.39 is 12.0 Å². The number of hydrogen-bond donors (Lipinski definition) is 1. The van der Waals surface area contributed by atoms with Crippen LogP contribution in [0.3, 0.4) is 0 Å². The summed E-state index contributed by atoms with van der Waals surface area (Å²) in [6.45, 7) is 0. The van der Waals surface area contributed by atoms with Gasteiger partial charge < -0.3 is 5.11 Å². The van der Waals surface area contributed by atoms with E-state index in [-0.39, 0.29) is 17.3 Å². The SMILES string of the molecule is O=C(O)CC1CCC([N+](=O)[O-])CC1. The molecule has 1 rings (SSSR count). The molecule has 0 saturated heterocycles. The Balaban J connectivity index is 2.30. The number of rotatable bonds is 3. The lowest BCUT2D eigenvalue weighted by atomic mass is 9.84. The molecule has 0 radical (unpaired) electrons. The Hall–Kier alpha value is -1.13. The van der Waals surface area contributed by atoms with Crippen LogP contribution >= 0.6 is 0 Å². The highest BCUT2D eigenvalue weighted by molar-refractivity contribution is 5.67. The second-order valence-electron chi connectivity index (χ2n) is 3.56. The van der Waals surface area contributed by atoms with Crippen molar-refractivity contribution in [1.82, 2.24) is 0 Å². The summed E-state index contributed by atoms with van der Waals surface area (Å²) in [7, 11) is 0. The van der Waals surface area contributed by atoms with Crippen LogP contribution in [0.4, 0.5) is 0 Å². The first-order valence-corrected chi connectivity index (χ1v) is 4.45. The van der Waals surface area contributed by atoms with Crippen LogP contribution in [0.1, 0.15) is 32.1 Å². The topological polar surface area (TPSA) is 80.4 Å². The fourth-order valence-electron chi connectivity index (χ4n) is 1.81. The lowest BCUT2D eigenvalue weighted by Gasteiger charge is -2.22. The summed E-state index contributed by atoms with van der Waals surface area (Å²) in [4.78, 5) is 20.5. The third-order valence-corrected chi connectivity index (χ3v) is 2.58. The van der Waals surface area contributed by atoms with Gasteiger partial charge in [-0.2, -0.15) is 0 Å². The van der Waals surface area contributed by atoms with Gasteiger partial charge in [-0.15, -0.1) is 0 Å². The molecule has 1 saturated carbocycles. The molecule has 1 N–H and O–H groups in total. The van der Waals surface area contributed by atoms with Crippen molar-refractivity contribution < 1.29 is 14.8 Å². The minimum Gasteiger partial charge on any atom is -0.481 e. The lowest BCUT2D eigenvalue weighted by molar-refractivity contribution is -0.527. The maximum Gasteiger partial charge on any atom is 0.303 e. The van der Waals surface area contributed by atoms with Gasteiger partial charge in [0.15, 0.2) is 0 Å². The molecule has 0 spiro atoms. The van der Waals surface area contributed by atoms with Crippen molar-refractivity contribution in [3.8, 4) is 0 Å². The summed E-state index contributed by atoms with van der Waals surface area (Å²) >= 11 is 0. The number of carboxylic acid groups (broad SMARTS) is 1. The monoisotopic (exact) mass is 187 g/mol. The van der Waals surface area contributed by atoms with Gasteiger partial charge in [0, 0.05) is 24.2 Å². The van der Waals surface area contributed by atoms with Crippen LogP contribution in [0.5, 0.6) is 0 Å². The molecule has 1 aliphatic carbocycles. The summed E-state index contributed by atoms with van der Waals surface area (Å²) in [5.41, 5.74) is 0. The molecular formula is C8H13NO4. The third-order valence-electron chi connectivity index (χ3n) is 2.58. The molecule has 0 bridgehead atoms. The fraction of sp³-hybridized carbons (Fsp3) is 0.875. The van der Waals surface area contributed by atoms with Gasteiger partial charge in [0.25, 0.3) is 0 Å². The van der Waals surface area contributed by atoms with Crippen molar-refractivity contribution in [3.05, 3.63) is 10.1 Å². The average molecular weight is 187 g/mol. The zero-order valence-electron chi connectivity index (χ0n) is 7.31. The second-order valence-corrected chi connectivity index (χ2v) is 3.56. The number of nitro groups is 1. The van der Waals surface area contributed by atoms with E-state index >= 15 is 0 Å². The molecule has 0 aromatic carbocycles. The maximum atomic E-state index is 10.4. The second kappa shape index (κ2) is 4.20. The van der Waals surface area contributed by atoms with Crippen LogP contribution in [0.25, 0.3) is 0 Å². The summed E-state index contributed by atoms with van der Waals surface area (Å²) in [5, 5.41) is 18.9. The number of aliphatic carboxylic acids is 1. The zero-order chi connectivity index (χ0) is 9.84. The first kappa shape index (κ1) is 9.95. The number of carboxylic acids is 1. The Morgan fingerprint density at radius 1 is 1.38 bits per heavy atom. The third kappa shape index (κ3) is 3.01. The van der Waals surface area contributed by atoms with Crippen molar-refractivity contribution in [2.24, 2.45) is 5.92 Å². The Morgan fingerprint density at radius 2 is 1.92 bits per heavy atom. The summed E-state index contributed by atoms with van der Waals surface area (Å²) < 4.78 is 0. The summed E-state index contributed by atoms with van der Waals surface area (Å²) in [6.07, 6.45) is 2.58. The van der Waals surface area contributed by atoms with Gasteiger partial charge in [-0.05, 0) is 18.8 Å². The van der Waals surface area contributed by atoms with Crippen molar-refractivity contribution in [1.29, 1.82) is 0 Å². The Morgan fingerprint density at radius 3 is 2.31 bits per heavy atom. The van der Waals surface area contributed by atoms with Crippen LogP contribution in [-0.4, -0.2) is 22.0 Å². The average Bonchev–Trinajstić information content (AvgIpc) is 2.04. The van der Waals surface area contributed by atoms with Gasteiger partial charge in [0.05, 0.1) is 0 Å². The molecule has 0 unspecified atom stereocenters. The Labute approximate surface area is 75.9 Å². The maximum absolute atomic E-state index is 10.4. The van der Waals surface area contributed by atoms with E-state index in [1.54, 1.807) is 0 Å². The smallest absolute Gasteiger partial charge is 0.303 e. The molecule has 1 aliphatic rings. The van der Waals surface area contributed by atoms with E-state index in [4.69, 9.17) is 5.11 Å². The normalized spacial score (nSPS) is 28.3. The Kier molecular flexibility index (Phi) is 3.22. The van der Waals surface area contributed by atoms with E-state index in [2.05, 4.69) is 0 Å². The molecule has 5 nitrogen and oxygen atoms in total. The molecule has 0 aliphatic heterocycles. The van der Waals surface area contributed by atoms with Gasteiger partial charge in [-0.3, -0.25) is 14.9 Å². The number of hydrogen-bond acceptors (Lipinski definition) is 3. The van der Waals surface area contributed by atoms with Crippen molar-refractivity contribution >= 4 is 5.97 Å². The summed E-state index contributed by atoms with van der Waals surface area (Å²) in [6, 6.07) is -0.440. The molecule has 74 valence electrons. The molecule has 0 heterocycles. The highest BCUT2D eigenvalue weighted by atomic mass is 16.6. The summed E-state index contributed by atoms with van der Waals surface area (Å²) in [5.74, 6) is -0.654. The standard InChI is InChI=1S/C8H13NO4/c10-8(11)5-6-1-3-7(4-2-6)9(12)13/h6-7H,1-5H2,(H,10,11). The van der Waals surface area contributed by atoms with Crippen LogP contribution < -0.4 is 0 Å². The fourth-order valence-corrected chi connectivity index (χ4v) is 1.81. The van der Waals surface area contributed by atoms with E-state index in [0.29, 0.717) is 25.7 Å². The van der Waals surface area contributed by atoms with Crippen molar-refractivity contribution in [3.63, 3.8) is 0 Å². The number of carbonyl (C=O) groups is 1. The first-order valence-electron chi connectivity index (χ1n) is 4.45. The highest BCUT2D eigenvalue weighted by Gasteiger charge is 2.29. The molecular weight excluding hydrogens is 174 g/mol. The molecule has 13 heavy (non-hydrogen) atoms. The largest absolute Gasteiger partial charge is 0.481 e. The molecule has 0 amide bonds. The Bertz CT molecular complexity index is 208. The van der Waals surface area contributed by atoms with Gasteiger partial charge >= 0.3 is 5.97 Å². The van der Waals surface area contributed by atoms with E-state index in [9.17, 15) is 14.9 Å². The van der Waals surface area contributed by atoms with Crippen molar-refractivity contribution in [2.75, 3.05) is 0 Å².